The fourth-order valence-electron chi connectivity index (χ4n) is 0. The van der Waals surface area contributed by atoms with Crippen molar-refractivity contribution in [1.29, 1.82) is 0 Å². The van der Waals surface area contributed by atoms with Crippen molar-refractivity contribution in [3.63, 3.8) is 0 Å². The molecule has 0 amide bonds. The van der Waals surface area contributed by atoms with E-state index in [1.54, 1.807) is 108 Å². The van der Waals surface area contributed by atoms with Crippen LogP contribution >= 0.6 is 108 Å². The van der Waals surface area contributed by atoms with Crippen LogP contribution in [-0.4, -0.2) is 115 Å². The average Bonchev–Trinajstić information content (AvgIpc) is 2.79. The predicted octanol–water partition coefficient (Wildman–Crippen LogP) is 8.95. The van der Waals surface area contributed by atoms with E-state index >= 15 is 0 Å². The van der Waals surface area contributed by atoms with Crippen LogP contribution in [0.4, 0.5) is 0 Å². The molecule has 0 nitrogen and oxygen atoms in total. The molecule has 0 heterocycles. The van der Waals surface area contributed by atoms with E-state index in [9.17, 15) is 0 Å². The van der Waals surface area contributed by atoms with Crippen LogP contribution in [0.1, 0.15) is 0 Å². The molecule has 182 valence electrons. The van der Waals surface area contributed by atoms with Gasteiger partial charge in [0.2, 0.25) is 0 Å². The summed E-state index contributed by atoms with van der Waals surface area (Å²) in [7, 11) is 17.7. The molecule has 14 heteroatoms. The van der Waals surface area contributed by atoms with E-state index < -0.39 is 0 Å². The van der Waals surface area contributed by atoms with Crippen molar-refractivity contribution in [1.82, 2.24) is 0 Å². The maximum absolute atomic E-state index is 2.27. The van der Waals surface area contributed by atoms with Gasteiger partial charge in [-0.15, -0.1) is 0 Å². The Morgan fingerprint density at radius 1 is 0.250 bits per heavy atom. The van der Waals surface area contributed by atoms with E-state index in [1.807, 2.05) is 0 Å². The van der Waals surface area contributed by atoms with E-state index in [1.165, 1.54) is 0 Å². The molecule has 0 spiro atoms. The van der Waals surface area contributed by atoms with Gasteiger partial charge in [-0.1, -0.05) is 108 Å². The molecule has 0 radical (unpaired) electrons. The minimum atomic E-state index is 0.979. The van der Waals surface area contributed by atoms with Gasteiger partial charge in [-0.05, 0) is 62.6 Å². The second-order valence-electron chi connectivity index (χ2n) is 2.33. The standard InChI is InChI=1S/5C2H6S2.2C2H6Se2/c7*1-3-4-2/h7*1-2H3. The second-order valence-corrected chi connectivity index (χ2v) is 33.0. The molecule has 0 saturated carbocycles. The summed E-state index contributed by atoms with van der Waals surface area (Å²) in [6, 6.07) is 0. The fraction of sp³-hybridized carbons (Fsp3) is 1.00. The van der Waals surface area contributed by atoms with Crippen LogP contribution in [-0.2, 0) is 0 Å². The monoisotopic (exact) mass is 850 g/mol. The molecule has 0 atom stereocenters. The molecule has 0 aromatic rings. The van der Waals surface area contributed by atoms with E-state index in [0.29, 0.717) is 0 Å². The third-order valence-electron chi connectivity index (χ3n) is 1.17. The summed E-state index contributed by atoms with van der Waals surface area (Å²) in [4.78, 5) is 0. The predicted molar refractivity (Wildman–Crippen MR) is 182 cm³/mol. The molecular weight excluding hydrogens is 805 g/mol. The van der Waals surface area contributed by atoms with Gasteiger partial charge < -0.3 is 0 Å². The Morgan fingerprint density at radius 3 is 0.321 bits per heavy atom. The first-order valence-corrected chi connectivity index (χ1v) is 37.2. The van der Waals surface area contributed by atoms with Crippen molar-refractivity contribution in [2.24, 2.45) is 0 Å². The van der Waals surface area contributed by atoms with Crippen molar-refractivity contribution < 1.29 is 0 Å². The Kier molecular flexibility index (Phi) is 153. The first-order chi connectivity index (χ1) is 13.4. The van der Waals surface area contributed by atoms with Gasteiger partial charge >= 0.3 is 75.8 Å². The maximum atomic E-state index is 2.27. The Balaban J connectivity index is -0.0000000367. The van der Waals surface area contributed by atoms with Crippen LogP contribution < -0.4 is 0 Å². The summed E-state index contributed by atoms with van der Waals surface area (Å²) in [5.41, 5.74) is 0. The molecule has 0 aromatic carbocycles. The van der Waals surface area contributed by atoms with Gasteiger partial charge in [0.1, 0.15) is 0 Å². The van der Waals surface area contributed by atoms with Crippen LogP contribution in [0.25, 0.3) is 0 Å². The fourth-order valence-corrected chi connectivity index (χ4v) is 0. The molecule has 0 bridgehead atoms. The van der Waals surface area contributed by atoms with Gasteiger partial charge in [0.25, 0.3) is 0 Å². The first kappa shape index (κ1) is 50.4. The van der Waals surface area contributed by atoms with Crippen molar-refractivity contribution in [3.8, 4) is 0 Å². The molecular formula is C14H42S10Se4. The summed E-state index contributed by atoms with van der Waals surface area (Å²) in [6.07, 6.45) is 20.6. The zero-order chi connectivity index (χ0) is 23.9. The molecule has 0 rings (SSSR count). The average molecular weight is 847 g/mol. The number of hydrogen-bond donors (Lipinski definition) is 0. The van der Waals surface area contributed by atoms with E-state index in [0.717, 1.165) is 52.5 Å². The van der Waals surface area contributed by atoms with Crippen molar-refractivity contribution in [3.05, 3.63) is 0 Å². The quantitative estimate of drug-likeness (QED) is 0.179. The Morgan fingerprint density at radius 2 is 0.321 bits per heavy atom. The van der Waals surface area contributed by atoms with Gasteiger partial charge in [0, 0.05) is 0 Å². The normalized spacial score (nSPS) is 7.50. The molecule has 0 aliphatic heterocycles. The number of hydrogen-bond acceptors (Lipinski definition) is 10. The molecule has 28 heavy (non-hydrogen) atoms. The summed E-state index contributed by atoms with van der Waals surface area (Å²) >= 11 is 3.92. The van der Waals surface area contributed by atoms with E-state index in [2.05, 4.69) is 85.8 Å². The van der Waals surface area contributed by atoms with Gasteiger partial charge in [-0.3, -0.25) is 0 Å². The van der Waals surface area contributed by atoms with Crippen molar-refractivity contribution in [2.75, 3.05) is 62.6 Å². The summed E-state index contributed by atoms with van der Waals surface area (Å²) < 4.78 is 0. The van der Waals surface area contributed by atoms with Crippen LogP contribution in [0, 0.1) is 0 Å². The van der Waals surface area contributed by atoms with Crippen molar-refractivity contribution >= 4 is 160 Å². The minimum absolute atomic E-state index is 0.979. The van der Waals surface area contributed by atoms with E-state index in [4.69, 9.17) is 0 Å². The molecule has 0 aliphatic rings. The topological polar surface area (TPSA) is 0 Å². The van der Waals surface area contributed by atoms with Crippen LogP contribution in [0.15, 0.2) is 0 Å². The molecule has 0 unspecified atom stereocenters. The third kappa shape index (κ3) is 187. The zero-order valence-corrected chi connectivity index (χ0v) is 34.7. The summed E-state index contributed by atoms with van der Waals surface area (Å²) in [5.74, 6) is 9.08. The Bertz CT molecular complexity index is 93.4. The van der Waals surface area contributed by atoms with Gasteiger partial charge in [-0.25, -0.2) is 0 Å². The number of rotatable bonds is 7. The van der Waals surface area contributed by atoms with Crippen molar-refractivity contribution in [2.45, 2.75) is 23.3 Å². The Labute approximate surface area is 242 Å². The zero-order valence-electron chi connectivity index (χ0n) is 19.7. The molecule has 0 fully saturated rings. The van der Waals surface area contributed by atoms with Gasteiger partial charge in [0.05, 0.1) is 0 Å². The molecule has 0 aromatic heterocycles. The van der Waals surface area contributed by atoms with Gasteiger partial charge in [-0.2, -0.15) is 0 Å². The summed E-state index contributed by atoms with van der Waals surface area (Å²) in [5, 5.41) is 0. The SMILES string of the molecule is CSSC.CSSC.CSSC.CSSC.CSSC.C[Se][Se]C.C[Se][Se]C. The first-order valence-electron chi connectivity index (χ1n) is 6.88. The third-order valence-corrected chi connectivity index (χ3v) is 16.5. The van der Waals surface area contributed by atoms with Gasteiger partial charge in [0.15, 0.2) is 0 Å². The van der Waals surface area contributed by atoms with E-state index in [-0.39, 0.29) is 0 Å². The van der Waals surface area contributed by atoms with Crippen LogP contribution in [0.3, 0.4) is 0 Å². The Hall–Kier alpha value is 5.58. The molecule has 0 aliphatic carbocycles. The van der Waals surface area contributed by atoms with Crippen LogP contribution in [0.2, 0.25) is 23.3 Å². The van der Waals surface area contributed by atoms with Crippen LogP contribution in [0.5, 0.6) is 0 Å². The second kappa shape index (κ2) is 84.8. The summed E-state index contributed by atoms with van der Waals surface area (Å²) in [6.45, 7) is 0. The molecule has 0 saturated heterocycles. The molecule has 0 N–H and O–H groups in total.